The molecule has 2 aliphatic heterocycles. The molecular formula is C9H14N4O4. The predicted octanol–water partition coefficient (Wildman–Crippen LogP) is -2.44. The van der Waals surface area contributed by atoms with Crippen molar-refractivity contribution in [3.8, 4) is 0 Å². The summed E-state index contributed by atoms with van der Waals surface area (Å²) in [6.07, 6.45) is -4.90. The molecule has 2 heterocycles. The molecular weight excluding hydrogens is 228 g/mol. The fourth-order valence-corrected chi connectivity index (χ4v) is 1.67. The van der Waals surface area contributed by atoms with E-state index < -0.39 is 31.1 Å². The number of nitrogens with zero attached hydrogens (tertiary/aromatic N) is 3. The standard InChI is InChI=1S/C9H14N4O4/c1-4-12-9(10)11-3-13(4)8-7(16)6(15)5(2-14)17-8/h3,5-8,14-16H,1-2H2,(H2,10,12)/t5-,6+,7?,8-/m1/s1/i3D. The molecule has 2 rings (SSSR count). The van der Waals surface area contributed by atoms with Crippen molar-refractivity contribution in [3.63, 3.8) is 0 Å². The summed E-state index contributed by atoms with van der Waals surface area (Å²) in [5, 5.41) is 28.4. The van der Waals surface area contributed by atoms with E-state index in [1.54, 1.807) is 0 Å². The van der Waals surface area contributed by atoms with E-state index in [-0.39, 0.29) is 18.1 Å². The smallest absolute Gasteiger partial charge is 0.223 e. The van der Waals surface area contributed by atoms with Gasteiger partial charge >= 0.3 is 0 Å². The first kappa shape index (κ1) is 10.7. The fourth-order valence-electron chi connectivity index (χ4n) is 1.67. The largest absolute Gasteiger partial charge is 0.394 e. The lowest BCUT2D eigenvalue weighted by Gasteiger charge is -2.29. The first-order valence-electron chi connectivity index (χ1n) is 5.45. The summed E-state index contributed by atoms with van der Waals surface area (Å²) in [4.78, 5) is 8.46. The minimum absolute atomic E-state index is 0.0716. The molecule has 0 aromatic carbocycles. The lowest BCUT2D eigenvalue weighted by molar-refractivity contribution is -0.0607. The Kier molecular flexibility index (Phi) is 2.77. The van der Waals surface area contributed by atoms with Crippen molar-refractivity contribution < 1.29 is 21.4 Å². The van der Waals surface area contributed by atoms with Crippen LogP contribution in [0.2, 0.25) is 0 Å². The summed E-state index contributed by atoms with van der Waals surface area (Å²) in [6.45, 7) is 3.12. The summed E-state index contributed by atoms with van der Waals surface area (Å²) in [5.74, 6) is -0.0460. The highest BCUT2D eigenvalue weighted by molar-refractivity contribution is 5.89. The van der Waals surface area contributed by atoms with Crippen LogP contribution in [0.4, 0.5) is 0 Å². The summed E-state index contributed by atoms with van der Waals surface area (Å²) in [6, 6.07) is 0. The number of amidine groups is 1. The van der Waals surface area contributed by atoms with Crippen molar-refractivity contribution in [1.82, 2.24) is 4.90 Å². The minimum Gasteiger partial charge on any atom is -0.394 e. The van der Waals surface area contributed by atoms with Gasteiger partial charge in [0.2, 0.25) is 5.96 Å². The fraction of sp³-hybridized carbons (Fsp3) is 0.556. The van der Waals surface area contributed by atoms with Gasteiger partial charge in [-0.3, -0.25) is 4.90 Å². The van der Waals surface area contributed by atoms with Crippen molar-refractivity contribution in [2.45, 2.75) is 24.5 Å². The summed E-state index contributed by atoms with van der Waals surface area (Å²) in [5.41, 5.74) is 5.35. The minimum atomic E-state index is -1.32. The Hall–Kier alpha value is -1.48. The zero-order valence-electron chi connectivity index (χ0n) is 9.89. The number of aliphatic imine (C=N–C) groups is 2. The van der Waals surface area contributed by atoms with E-state index in [1.807, 2.05) is 0 Å². The van der Waals surface area contributed by atoms with Crippen LogP contribution < -0.4 is 5.73 Å². The van der Waals surface area contributed by atoms with Crippen LogP contribution in [0.1, 0.15) is 1.37 Å². The monoisotopic (exact) mass is 243 g/mol. The van der Waals surface area contributed by atoms with E-state index in [9.17, 15) is 10.2 Å². The van der Waals surface area contributed by atoms with Crippen LogP contribution in [0.15, 0.2) is 22.4 Å². The molecule has 0 aliphatic carbocycles. The van der Waals surface area contributed by atoms with E-state index in [2.05, 4.69) is 16.6 Å². The Morgan fingerprint density at radius 1 is 1.59 bits per heavy atom. The van der Waals surface area contributed by atoms with Gasteiger partial charge in [-0.1, -0.05) is 6.58 Å². The van der Waals surface area contributed by atoms with Gasteiger partial charge in [0, 0.05) is 0 Å². The van der Waals surface area contributed by atoms with Crippen LogP contribution in [0.5, 0.6) is 0 Å². The number of nitrogens with two attached hydrogens (primary N) is 1. The molecule has 17 heavy (non-hydrogen) atoms. The maximum absolute atomic E-state index is 9.83. The Balaban J connectivity index is 2.23. The molecule has 8 heteroatoms. The Morgan fingerprint density at radius 2 is 2.29 bits per heavy atom. The van der Waals surface area contributed by atoms with Crippen LogP contribution in [-0.2, 0) is 4.74 Å². The number of hydrogen-bond donors (Lipinski definition) is 4. The highest BCUT2D eigenvalue weighted by atomic mass is 16.6. The summed E-state index contributed by atoms with van der Waals surface area (Å²) < 4.78 is 12.9. The lowest BCUT2D eigenvalue weighted by Crippen LogP contribution is -2.44. The first-order valence-corrected chi connectivity index (χ1v) is 4.95. The number of guanidine groups is 1. The molecule has 1 unspecified atom stereocenters. The van der Waals surface area contributed by atoms with Crippen molar-refractivity contribution in [2.24, 2.45) is 15.7 Å². The van der Waals surface area contributed by atoms with Gasteiger partial charge in [-0.25, -0.2) is 4.99 Å². The third kappa shape index (κ3) is 2.03. The normalized spacial score (nSPS) is 38.9. The van der Waals surface area contributed by atoms with Crippen molar-refractivity contribution >= 4 is 12.3 Å². The maximum Gasteiger partial charge on any atom is 0.223 e. The average molecular weight is 243 g/mol. The molecule has 0 spiro atoms. The highest BCUT2D eigenvalue weighted by Crippen LogP contribution is 2.26. The Morgan fingerprint density at radius 3 is 2.82 bits per heavy atom. The van der Waals surface area contributed by atoms with Gasteiger partial charge in [0.25, 0.3) is 0 Å². The van der Waals surface area contributed by atoms with Gasteiger partial charge in [0.1, 0.15) is 31.8 Å². The number of hydrogen-bond acceptors (Lipinski definition) is 8. The molecule has 0 bridgehead atoms. The van der Waals surface area contributed by atoms with Crippen LogP contribution >= 0.6 is 0 Å². The maximum atomic E-state index is 9.83. The SMILES string of the molecule is [2H]C1=NC(N)=NC(=C)N1[C@@H]1O[C@H](CO)[C@H](O)C1O. The summed E-state index contributed by atoms with van der Waals surface area (Å²) >= 11 is 0. The first-order chi connectivity index (χ1) is 8.45. The van der Waals surface area contributed by atoms with Gasteiger partial charge < -0.3 is 25.8 Å². The molecule has 0 amide bonds. The molecule has 8 nitrogen and oxygen atoms in total. The van der Waals surface area contributed by atoms with Crippen LogP contribution in [0, 0.1) is 0 Å². The predicted molar refractivity (Wildman–Crippen MR) is 58.9 cm³/mol. The van der Waals surface area contributed by atoms with Crippen LogP contribution in [0.3, 0.4) is 0 Å². The molecule has 4 atom stereocenters. The number of rotatable bonds is 2. The highest BCUT2D eigenvalue weighted by Gasteiger charge is 2.45. The molecule has 1 saturated heterocycles. The quantitative estimate of drug-likeness (QED) is 0.427. The number of ether oxygens (including phenoxy) is 1. The van der Waals surface area contributed by atoms with Gasteiger partial charge in [-0.15, -0.1) is 0 Å². The second-order valence-electron chi connectivity index (χ2n) is 3.70. The third-order valence-corrected chi connectivity index (χ3v) is 2.57. The Labute approximate surface area is 98.7 Å². The number of aliphatic hydroxyl groups excluding tert-OH is 3. The zero-order valence-corrected chi connectivity index (χ0v) is 8.89. The topological polar surface area (TPSA) is 124 Å². The summed E-state index contributed by atoms with van der Waals surface area (Å²) in [7, 11) is 0. The third-order valence-electron chi connectivity index (χ3n) is 2.57. The van der Waals surface area contributed by atoms with Crippen molar-refractivity contribution in [3.05, 3.63) is 12.4 Å². The van der Waals surface area contributed by atoms with E-state index in [0.29, 0.717) is 0 Å². The van der Waals surface area contributed by atoms with Gasteiger partial charge in [-0.2, -0.15) is 4.99 Å². The van der Waals surface area contributed by atoms with E-state index in [1.165, 1.54) is 0 Å². The van der Waals surface area contributed by atoms with Crippen molar-refractivity contribution in [1.29, 1.82) is 0 Å². The number of aliphatic hydroxyl groups is 3. The molecule has 94 valence electrons. The van der Waals surface area contributed by atoms with Gasteiger partial charge in [-0.05, 0) is 0 Å². The molecule has 1 fully saturated rings. The van der Waals surface area contributed by atoms with E-state index in [0.717, 1.165) is 4.90 Å². The van der Waals surface area contributed by atoms with Gasteiger partial charge in [0.05, 0.1) is 6.61 Å². The van der Waals surface area contributed by atoms with Crippen molar-refractivity contribution in [2.75, 3.05) is 6.61 Å². The molecule has 5 N–H and O–H groups in total. The zero-order chi connectivity index (χ0) is 13.4. The molecule has 0 aromatic rings. The molecule has 0 saturated carbocycles. The van der Waals surface area contributed by atoms with Gasteiger partial charge in [0.15, 0.2) is 6.23 Å². The Bertz CT molecular complexity index is 427. The second kappa shape index (κ2) is 4.41. The van der Waals surface area contributed by atoms with E-state index in [4.69, 9.17) is 16.9 Å². The molecule has 0 aromatic heterocycles. The second-order valence-corrected chi connectivity index (χ2v) is 3.70. The van der Waals surface area contributed by atoms with E-state index >= 15 is 0 Å². The average Bonchev–Trinajstić information content (AvgIpc) is 2.56. The molecule has 2 aliphatic rings. The lowest BCUT2D eigenvalue weighted by atomic mass is 10.1. The van der Waals surface area contributed by atoms with Crippen LogP contribution in [0.25, 0.3) is 0 Å². The van der Waals surface area contributed by atoms with Crippen LogP contribution in [-0.4, -0.2) is 63.6 Å². The molecule has 0 radical (unpaired) electrons.